The van der Waals surface area contributed by atoms with E-state index in [1.165, 1.54) is 0 Å². The number of anilines is 2. The number of rotatable bonds is 4. The number of nitrogens with zero attached hydrogens (tertiary/aromatic N) is 4. The van der Waals surface area contributed by atoms with Gasteiger partial charge in [-0.2, -0.15) is 0 Å². The van der Waals surface area contributed by atoms with Gasteiger partial charge in [0.25, 0.3) is 0 Å². The van der Waals surface area contributed by atoms with Crippen molar-refractivity contribution in [3.8, 4) is 11.3 Å². The molecule has 0 fully saturated rings. The molecule has 7 heteroatoms. The predicted octanol–water partition coefficient (Wildman–Crippen LogP) is 6.40. The van der Waals surface area contributed by atoms with Crippen molar-refractivity contribution in [1.29, 1.82) is 0 Å². The molecule has 0 amide bonds. The molecular formula is C28H20ClN5O. The van der Waals surface area contributed by atoms with Crippen LogP contribution in [0.2, 0.25) is 5.02 Å². The summed E-state index contributed by atoms with van der Waals surface area (Å²) in [5.41, 5.74) is 4.93. The van der Waals surface area contributed by atoms with Crippen molar-refractivity contribution in [2.45, 2.75) is 18.8 Å². The van der Waals surface area contributed by atoms with Crippen LogP contribution in [0.3, 0.4) is 0 Å². The van der Waals surface area contributed by atoms with Crippen LogP contribution in [0.5, 0.6) is 0 Å². The van der Waals surface area contributed by atoms with E-state index in [0.29, 0.717) is 35.3 Å². The summed E-state index contributed by atoms with van der Waals surface area (Å²) >= 11 is 6.26. The quantitative estimate of drug-likeness (QED) is 0.322. The lowest BCUT2D eigenvalue weighted by molar-refractivity contribution is 0.0962. The second-order valence-electron chi connectivity index (χ2n) is 8.54. The smallest absolute Gasteiger partial charge is 0.230 e. The van der Waals surface area contributed by atoms with Crippen LogP contribution in [0, 0.1) is 0 Å². The Morgan fingerprint density at radius 1 is 0.829 bits per heavy atom. The molecule has 2 heterocycles. The highest BCUT2D eigenvalue weighted by Gasteiger charge is 2.28. The SMILES string of the molecule is O=C1CC(c2ccccc2)Cc2nc(Nc3nc(-c4ccccc4)c4cc(Cl)ccc4n3)ncc21. The van der Waals surface area contributed by atoms with E-state index in [2.05, 4.69) is 32.4 Å². The average Bonchev–Trinajstić information content (AvgIpc) is 2.89. The first kappa shape index (κ1) is 21.4. The minimum absolute atomic E-state index is 0.0665. The third-order valence-electron chi connectivity index (χ3n) is 6.24. The van der Waals surface area contributed by atoms with Crippen LogP contribution in [0.15, 0.2) is 85.1 Å². The van der Waals surface area contributed by atoms with Gasteiger partial charge in [0.15, 0.2) is 5.78 Å². The van der Waals surface area contributed by atoms with E-state index in [4.69, 9.17) is 16.6 Å². The van der Waals surface area contributed by atoms with E-state index < -0.39 is 0 Å². The Balaban J connectivity index is 1.37. The zero-order chi connectivity index (χ0) is 23.8. The van der Waals surface area contributed by atoms with Gasteiger partial charge in [-0.25, -0.2) is 19.9 Å². The first-order valence-electron chi connectivity index (χ1n) is 11.4. The number of Topliss-reactive ketones (excluding diaryl/α,β-unsaturated/α-hetero) is 1. The van der Waals surface area contributed by atoms with Gasteiger partial charge in [0.05, 0.1) is 22.5 Å². The van der Waals surface area contributed by atoms with E-state index in [-0.39, 0.29) is 11.7 Å². The van der Waals surface area contributed by atoms with Gasteiger partial charge in [-0.15, -0.1) is 0 Å². The molecule has 1 aliphatic rings. The van der Waals surface area contributed by atoms with E-state index in [1.54, 1.807) is 12.3 Å². The number of nitrogens with one attached hydrogen (secondary N) is 1. The molecule has 6 nitrogen and oxygen atoms in total. The lowest BCUT2D eigenvalue weighted by Crippen LogP contribution is -2.21. The van der Waals surface area contributed by atoms with Gasteiger partial charge in [0.2, 0.25) is 11.9 Å². The second-order valence-corrected chi connectivity index (χ2v) is 8.98. The van der Waals surface area contributed by atoms with Crippen LogP contribution < -0.4 is 5.32 Å². The van der Waals surface area contributed by atoms with Crippen molar-refractivity contribution in [1.82, 2.24) is 19.9 Å². The summed E-state index contributed by atoms with van der Waals surface area (Å²) < 4.78 is 0. The number of benzene rings is 3. The second kappa shape index (κ2) is 8.89. The van der Waals surface area contributed by atoms with Crippen molar-refractivity contribution in [3.05, 3.63) is 107 Å². The predicted molar refractivity (Wildman–Crippen MR) is 137 cm³/mol. The monoisotopic (exact) mass is 477 g/mol. The fraction of sp³-hybridized carbons (Fsp3) is 0.107. The molecule has 6 rings (SSSR count). The molecular weight excluding hydrogens is 458 g/mol. The third-order valence-corrected chi connectivity index (χ3v) is 6.47. The van der Waals surface area contributed by atoms with Gasteiger partial charge in [-0.1, -0.05) is 72.3 Å². The topological polar surface area (TPSA) is 80.7 Å². The van der Waals surface area contributed by atoms with Gasteiger partial charge in [-0.05, 0) is 36.1 Å². The van der Waals surface area contributed by atoms with Gasteiger partial charge < -0.3 is 0 Å². The molecule has 5 aromatic rings. The Morgan fingerprint density at radius 2 is 1.60 bits per heavy atom. The number of carbonyl (C=O) groups excluding carboxylic acids is 1. The maximum atomic E-state index is 12.8. The summed E-state index contributed by atoms with van der Waals surface area (Å²) in [6, 6.07) is 25.5. The molecule has 0 aliphatic heterocycles. The number of carbonyl (C=O) groups is 1. The number of aromatic nitrogens is 4. The van der Waals surface area contributed by atoms with Gasteiger partial charge >= 0.3 is 0 Å². The van der Waals surface area contributed by atoms with Crippen LogP contribution in [0.25, 0.3) is 22.2 Å². The van der Waals surface area contributed by atoms with Crippen LogP contribution in [0.1, 0.15) is 34.0 Å². The molecule has 0 saturated carbocycles. The van der Waals surface area contributed by atoms with Crippen molar-refractivity contribution in [2.24, 2.45) is 0 Å². The largest absolute Gasteiger partial charge is 0.294 e. The van der Waals surface area contributed by atoms with Crippen molar-refractivity contribution in [2.75, 3.05) is 5.32 Å². The Labute approximate surface area is 207 Å². The zero-order valence-electron chi connectivity index (χ0n) is 18.6. The van der Waals surface area contributed by atoms with E-state index in [0.717, 1.165) is 33.4 Å². The number of hydrogen-bond acceptors (Lipinski definition) is 6. The first-order valence-corrected chi connectivity index (χ1v) is 11.8. The maximum absolute atomic E-state index is 12.8. The molecule has 0 spiro atoms. The Bertz CT molecular complexity index is 1560. The Morgan fingerprint density at radius 3 is 2.40 bits per heavy atom. The highest BCUT2D eigenvalue weighted by molar-refractivity contribution is 6.31. The molecule has 0 radical (unpaired) electrons. The van der Waals surface area contributed by atoms with Crippen LogP contribution >= 0.6 is 11.6 Å². The molecule has 1 atom stereocenters. The lowest BCUT2D eigenvalue weighted by atomic mass is 9.82. The highest BCUT2D eigenvalue weighted by Crippen LogP contribution is 2.33. The van der Waals surface area contributed by atoms with Gasteiger partial charge in [0.1, 0.15) is 0 Å². The number of hydrogen-bond donors (Lipinski definition) is 1. The van der Waals surface area contributed by atoms with Gasteiger partial charge in [-0.3, -0.25) is 10.1 Å². The van der Waals surface area contributed by atoms with Crippen LogP contribution in [-0.4, -0.2) is 25.7 Å². The Kier molecular flexibility index (Phi) is 5.43. The molecule has 0 saturated heterocycles. The minimum atomic E-state index is 0.0665. The molecule has 35 heavy (non-hydrogen) atoms. The summed E-state index contributed by atoms with van der Waals surface area (Å²) in [5, 5.41) is 4.63. The average molecular weight is 478 g/mol. The van der Waals surface area contributed by atoms with Crippen molar-refractivity contribution in [3.63, 3.8) is 0 Å². The number of fused-ring (bicyclic) bond motifs is 2. The van der Waals surface area contributed by atoms with E-state index >= 15 is 0 Å². The van der Waals surface area contributed by atoms with E-state index in [9.17, 15) is 4.79 Å². The highest BCUT2D eigenvalue weighted by atomic mass is 35.5. The van der Waals surface area contributed by atoms with E-state index in [1.807, 2.05) is 60.7 Å². The number of halogens is 1. The molecule has 1 N–H and O–H groups in total. The fourth-order valence-corrected chi connectivity index (χ4v) is 4.71. The molecule has 0 bridgehead atoms. The third kappa shape index (κ3) is 4.24. The van der Waals surface area contributed by atoms with Gasteiger partial charge in [0, 0.05) is 28.6 Å². The molecule has 3 aromatic carbocycles. The van der Waals surface area contributed by atoms with Crippen molar-refractivity contribution < 1.29 is 4.79 Å². The summed E-state index contributed by atoms with van der Waals surface area (Å²) in [6.45, 7) is 0. The summed E-state index contributed by atoms with van der Waals surface area (Å²) in [7, 11) is 0. The Hall–Kier alpha value is -4.16. The summed E-state index contributed by atoms with van der Waals surface area (Å²) in [4.78, 5) is 31.3. The molecule has 1 aliphatic carbocycles. The molecule has 2 aromatic heterocycles. The standard InChI is InChI=1S/C28H20ClN5O/c29-20-11-12-23-21(15-20)26(18-9-5-2-6-10-18)33-28(31-23)34-27-30-16-22-24(32-27)13-19(14-25(22)35)17-7-3-1-4-8-17/h1-12,15-16,19H,13-14H2,(H,30,31,32,33,34). The number of ketones is 1. The molecule has 170 valence electrons. The normalized spacial score (nSPS) is 15.1. The summed E-state index contributed by atoms with van der Waals surface area (Å²) in [5.74, 6) is 0.903. The minimum Gasteiger partial charge on any atom is -0.294 e. The summed E-state index contributed by atoms with van der Waals surface area (Å²) in [6.07, 6.45) is 2.74. The zero-order valence-corrected chi connectivity index (χ0v) is 19.4. The fourth-order valence-electron chi connectivity index (χ4n) is 4.54. The maximum Gasteiger partial charge on any atom is 0.230 e. The first-order chi connectivity index (χ1) is 17.1. The lowest BCUT2D eigenvalue weighted by Gasteiger charge is -2.23. The van der Waals surface area contributed by atoms with Crippen LogP contribution in [-0.2, 0) is 6.42 Å². The van der Waals surface area contributed by atoms with Crippen molar-refractivity contribution >= 4 is 40.2 Å². The van der Waals surface area contributed by atoms with Crippen LogP contribution in [0.4, 0.5) is 11.9 Å². The molecule has 1 unspecified atom stereocenters.